The van der Waals surface area contributed by atoms with Crippen LogP contribution in [-0.2, 0) is 12.8 Å². The van der Waals surface area contributed by atoms with E-state index in [1.165, 1.54) is 22.7 Å². The predicted molar refractivity (Wildman–Crippen MR) is 60.4 cm³/mol. The van der Waals surface area contributed by atoms with E-state index in [-0.39, 0.29) is 11.1 Å². The Balaban J connectivity index is 2.36. The minimum atomic E-state index is -1.01. The van der Waals surface area contributed by atoms with Crippen molar-refractivity contribution in [1.29, 1.82) is 0 Å². The molecular formula is C12H10N2O3. The first-order valence-electron chi connectivity index (χ1n) is 5.44. The summed E-state index contributed by atoms with van der Waals surface area (Å²) in [6.07, 6.45) is 4.00. The quantitative estimate of drug-likeness (QED) is 0.789. The van der Waals surface area contributed by atoms with Crippen LogP contribution in [0.15, 0.2) is 23.1 Å². The van der Waals surface area contributed by atoms with Crippen LogP contribution in [0.2, 0.25) is 0 Å². The topological polar surface area (TPSA) is 71.7 Å². The van der Waals surface area contributed by atoms with E-state index in [0.717, 1.165) is 30.5 Å². The van der Waals surface area contributed by atoms with Crippen molar-refractivity contribution in [3.8, 4) is 0 Å². The summed E-state index contributed by atoms with van der Waals surface area (Å²) in [5.74, 6) is -1.01. The molecule has 2 aromatic rings. The van der Waals surface area contributed by atoms with Gasteiger partial charge in [-0.2, -0.15) is 0 Å². The van der Waals surface area contributed by atoms with Crippen LogP contribution in [-0.4, -0.2) is 20.5 Å². The Morgan fingerprint density at radius 2 is 2.24 bits per heavy atom. The van der Waals surface area contributed by atoms with Crippen LogP contribution < -0.4 is 5.56 Å². The van der Waals surface area contributed by atoms with E-state index in [0.29, 0.717) is 5.65 Å². The fraction of sp³-hybridized carbons (Fsp3) is 0.250. The molecule has 86 valence electrons. The van der Waals surface area contributed by atoms with Crippen LogP contribution >= 0.6 is 0 Å². The van der Waals surface area contributed by atoms with Gasteiger partial charge in [-0.15, -0.1) is 0 Å². The number of carboxylic acids is 1. The van der Waals surface area contributed by atoms with Crippen LogP contribution in [0.5, 0.6) is 0 Å². The summed E-state index contributed by atoms with van der Waals surface area (Å²) < 4.78 is 1.41. The second kappa shape index (κ2) is 3.41. The van der Waals surface area contributed by atoms with Gasteiger partial charge in [-0.05, 0) is 31.4 Å². The van der Waals surface area contributed by atoms with E-state index in [9.17, 15) is 9.59 Å². The SMILES string of the molecule is O=C(O)c1ccn2c(=O)c3c(nc2c1)CCC3. The molecule has 5 heteroatoms. The van der Waals surface area contributed by atoms with Crippen molar-refractivity contribution >= 4 is 11.6 Å². The highest BCUT2D eigenvalue weighted by Gasteiger charge is 2.18. The number of nitrogens with zero attached hydrogens (tertiary/aromatic N) is 2. The molecule has 0 aromatic carbocycles. The molecule has 0 bridgehead atoms. The standard InChI is InChI=1S/C12H10N2O3/c15-11-8-2-1-3-9(8)13-10-6-7(12(16)17)4-5-14(10)11/h4-6H,1-3H2,(H,16,17). The van der Waals surface area contributed by atoms with Crippen molar-refractivity contribution < 1.29 is 9.90 Å². The molecule has 2 aromatic heterocycles. The molecule has 0 atom stereocenters. The fourth-order valence-corrected chi connectivity index (χ4v) is 2.24. The van der Waals surface area contributed by atoms with E-state index in [1.807, 2.05) is 0 Å². The minimum absolute atomic E-state index is 0.0700. The van der Waals surface area contributed by atoms with Gasteiger partial charge in [-0.25, -0.2) is 9.78 Å². The van der Waals surface area contributed by atoms with Gasteiger partial charge in [0.1, 0.15) is 5.65 Å². The van der Waals surface area contributed by atoms with E-state index >= 15 is 0 Å². The zero-order chi connectivity index (χ0) is 12.0. The molecule has 5 nitrogen and oxygen atoms in total. The number of aromatic nitrogens is 2. The number of carboxylic acid groups (broad SMARTS) is 1. The normalized spacial score (nSPS) is 13.9. The number of rotatable bonds is 1. The maximum atomic E-state index is 12.1. The molecule has 0 saturated heterocycles. The Kier molecular flexibility index (Phi) is 2.01. The van der Waals surface area contributed by atoms with E-state index in [2.05, 4.69) is 4.98 Å². The Morgan fingerprint density at radius 1 is 1.41 bits per heavy atom. The molecule has 0 unspecified atom stereocenters. The maximum Gasteiger partial charge on any atom is 0.335 e. The summed E-state index contributed by atoms with van der Waals surface area (Å²) in [6.45, 7) is 0. The fourth-order valence-electron chi connectivity index (χ4n) is 2.24. The van der Waals surface area contributed by atoms with Crippen LogP contribution in [0.1, 0.15) is 28.0 Å². The zero-order valence-corrected chi connectivity index (χ0v) is 9.01. The van der Waals surface area contributed by atoms with Crippen molar-refractivity contribution in [2.75, 3.05) is 0 Å². The summed E-state index contributed by atoms with van der Waals surface area (Å²) in [7, 11) is 0. The van der Waals surface area contributed by atoms with Gasteiger partial charge in [-0.1, -0.05) is 0 Å². The molecule has 2 heterocycles. The second-order valence-electron chi connectivity index (χ2n) is 4.14. The monoisotopic (exact) mass is 230 g/mol. The summed E-state index contributed by atoms with van der Waals surface area (Å²) in [5, 5.41) is 8.89. The van der Waals surface area contributed by atoms with Gasteiger partial charge in [0.2, 0.25) is 0 Å². The number of fused-ring (bicyclic) bond motifs is 2. The highest BCUT2D eigenvalue weighted by atomic mass is 16.4. The number of hydrogen-bond acceptors (Lipinski definition) is 3. The predicted octanol–water partition coefficient (Wildman–Crippen LogP) is 0.881. The molecule has 0 radical (unpaired) electrons. The molecule has 0 aliphatic heterocycles. The maximum absolute atomic E-state index is 12.1. The molecule has 0 fully saturated rings. The van der Waals surface area contributed by atoms with Crippen molar-refractivity contribution in [2.45, 2.75) is 19.3 Å². The Morgan fingerprint density at radius 3 is 3.00 bits per heavy atom. The number of hydrogen-bond donors (Lipinski definition) is 1. The third kappa shape index (κ3) is 1.43. The lowest BCUT2D eigenvalue weighted by Gasteiger charge is -2.04. The molecule has 0 spiro atoms. The van der Waals surface area contributed by atoms with E-state index in [1.54, 1.807) is 0 Å². The van der Waals surface area contributed by atoms with Crippen LogP contribution in [0, 0.1) is 0 Å². The molecular weight excluding hydrogens is 220 g/mol. The van der Waals surface area contributed by atoms with Crippen molar-refractivity contribution in [3.05, 3.63) is 45.5 Å². The van der Waals surface area contributed by atoms with Gasteiger partial charge in [0.05, 0.1) is 11.3 Å². The number of aryl methyl sites for hydroxylation is 1. The number of carbonyl (C=O) groups is 1. The highest BCUT2D eigenvalue weighted by molar-refractivity contribution is 5.88. The molecule has 1 aliphatic carbocycles. The zero-order valence-electron chi connectivity index (χ0n) is 9.01. The van der Waals surface area contributed by atoms with Gasteiger partial charge >= 0.3 is 5.97 Å². The van der Waals surface area contributed by atoms with E-state index in [4.69, 9.17) is 5.11 Å². The second-order valence-corrected chi connectivity index (χ2v) is 4.14. The molecule has 1 N–H and O–H groups in total. The van der Waals surface area contributed by atoms with Gasteiger partial charge in [0, 0.05) is 11.8 Å². The average molecular weight is 230 g/mol. The first-order valence-corrected chi connectivity index (χ1v) is 5.44. The third-order valence-corrected chi connectivity index (χ3v) is 3.10. The smallest absolute Gasteiger partial charge is 0.335 e. The average Bonchev–Trinajstić information content (AvgIpc) is 2.77. The van der Waals surface area contributed by atoms with Crippen LogP contribution in [0.25, 0.3) is 5.65 Å². The van der Waals surface area contributed by atoms with Crippen molar-refractivity contribution in [1.82, 2.24) is 9.38 Å². The Bertz CT molecular complexity index is 688. The lowest BCUT2D eigenvalue weighted by atomic mass is 10.2. The molecule has 0 amide bonds. The first kappa shape index (κ1) is 10.0. The van der Waals surface area contributed by atoms with Gasteiger partial charge in [0.15, 0.2) is 0 Å². The summed E-state index contributed by atoms with van der Waals surface area (Å²) in [4.78, 5) is 27.3. The Hall–Kier alpha value is -2.17. The van der Waals surface area contributed by atoms with Gasteiger partial charge < -0.3 is 5.11 Å². The summed E-state index contributed by atoms with van der Waals surface area (Å²) in [5.41, 5.74) is 2.08. The van der Waals surface area contributed by atoms with Crippen LogP contribution in [0.3, 0.4) is 0 Å². The first-order chi connectivity index (χ1) is 8.16. The lowest BCUT2D eigenvalue weighted by molar-refractivity contribution is 0.0697. The summed E-state index contributed by atoms with van der Waals surface area (Å²) in [6, 6.07) is 2.85. The molecule has 1 aliphatic rings. The highest BCUT2D eigenvalue weighted by Crippen LogP contribution is 2.17. The molecule has 17 heavy (non-hydrogen) atoms. The summed E-state index contributed by atoms with van der Waals surface area (Å²) >= 11 is 0. The van der Waals surface area contributed by atoms with Crippen LogP contribution in [0.4, 0.5) is 0 Å². The van der Waals surface area contributed by atoms with Crippen molar-refractivity contribution in [2.24, 2.45) is 0 Å². The molecule has 0 saturated carbocycles. The van der Waals surface area contributed by atoms with Gasteiger partial charge in [0.25, 0.3) is 5.56 Å². The Labute approximate surface area is 96.4 Å². The van der Waals surface area contributed by atoms with Crippen molar-refractivity contribution in [3.63, 3.8) is 0 Å². The molecule has 3 rings (SSSR count). The third-order valence-electron chi connectivity index (χ3n) is 3.10. The number of aromatic carboxylic acids is 1. The largest absolute Gasteiger partial charge is 0.478 e. The van der Waals surface area contributed by atoms with Gasteiger partial charge in [-0.3, -0.25) is 9.20 Å². The lowest BCUT2D eigenvalue weighted by Crippen LogP contribution is -2.20. The number of pyridine rings is 1. The minimum Gasteiger partial charge on any atom is -0.478 e. The van der Waals surface area contributed by atoms with E-state index < -0.39 is 5.97 Å².